The van der Waals surface area contributed by atoms with Crippen molar-refractivity contribution in [3.05, 3.63) is 0 Å². The number of rotatable bonds is 0. The molecule has 3 N–H and O–H groups in total. The Balaban J connectivity index is 0.00000121. The topological polar surface area (TPSA) is 35.0 Å². The standard InChI is InChI=1S/C9H19ClSi.H3N/c1-9(2,3)11(10)7-5-4-6-8-11;/h4-8H2,1-3H3;1H3. The maximum Gasteiger partial charge on any atom is 0.161 e. The summed E-state index contributed by atoms with van der Waals surface area (Å²) < 4.78 is 0. The van der Waals surface area contributed by atoms with Gasteiger partial charge in [-0.3, -0.25) is 0 Å². The van der Waals surface area contributed by atoms with E-state index in [2.05, 4.69) is 20.8 Å². The van der Waals surface area contributed by atoms with Crippen LogP contribution in [0, 0.1) is 0 Å². The molecule has 1 fully saturated rings. The fourth-order valence-electron chi connectivity index (χ4n) is 1.86. The average Bonchev–Trinajstić information content (AvgIpc) is 1.87. The molecular weight excluding hydrogens is 186 g/mol. The summed E-state index contributed by atoms with van der Waals surface area (Å²) in [6.45, 7) is 6.95. The van der Waals surface area contributed by atoms with Crippen LogP contribution in [-0.2, 0) is 0 Å². The number of hydrogen-bond acceptors (Lipinski definition) is 1. The summed E-state index contributed by atoms with van der Waals surface area (Å²) in [5.41, 5.74) is 0. The van der Waals surface area contributed by atoms with Gasteiger partial charge in [-0.05, 0) is 17.1 Å². The zero-order valence-electron chi connectivity index (χ0n) is 8.62. The van der Waals surface area contributed by atoms with Crippen LogP contribution < -0.4 is 6.15 Å². The van der Waals surface area contributed by atoms with Gasteiger partial charge in [-0.2, -0.15) is 11.1 Å². The lowest BCUT2D eigenvalue weighted by Crippen LogP contribution is -2.39. The highest BCUT2D eigenvalue weighted by molar-refractivity contribution is 7.21. The Hall–Kier alpha value is 0.467. The summed E-state index contributed by atoms with van der Waals surface area (Å²) in [6.07, 6.45) is 4.18. The van der Waals surface area contributed by atoms with Gasteiger partial charge in [-0.15, -0.1) is 0 Å². The average molecular weight is 208 g/mol. The molecule has 12 heavy (non-hydrogen) atoms. The first kappa shape index (κ1) is 12.5. The summed E-state index contributed by atoms with van der Waals surface area (Å²) in [4.78, 5) is 0. The maximum atomic E-state index is 6.69. The van der Waals surface area contributed by atoms with Crippen molar-refractivity contribution in [1.29, 1.82) is 0 Å². The maximum absolute atomic E-state index is 6.69. The first-order valence-electron chi connectivity index (χ1n) is 4.65. The van der Waals surface area contributed by atoms with Gasteiger partial charge in [-0.1, -0.05) is 40.0 Å². The molecule has 0 aliphatic carbocycles. The van der Waals surface area contributed by atoms with E-state index >= 15 is 0 Å². The molecule has 3 heteroatoms. The Morgan fingerprint density at radius 1 is 1.00 bits per heavy atom. The van der Waals surface area contributed by atoms with E-state index in [1.165, 1.54) is 31.4 Å². The zero-order valence-corrected chi connectivity index (χ0v) is 10.4. The van der Waals surface area contributed by atoms with Gasteiger partial charge in [0.1, 0.15) is 0 Å². The van der Waals surface area contributed by atoms with Gasteiger partial charge in [0.15, 0.2) is 7.38 Å². The number of halogens is 1. The van der Waals surface area contributed by atoms with E-state index < -0.39 is 7.38 Å². The highest BCUT2D eigenvalue weighted by Crippen LogP contribution is 2.48. The second-order valence-corrected chi connectivity index (χ2v) is 11.4. The Bertz CT molecular complexity index is 136. The summed E-state index contributed by atoms with van der Waals surface area (Å²) in [5, 5.41) is 0.412. The van der Waals surface area contributed by atoms with Crippen LogP contribution in [0.3, 0.4) is 0 Å². The molecular formula is C9H22ClNSi. The molecule has 0 bridgehead atoms. The second kappa shape index (κ2) is 4.12. The summed E-state index contributed by atoms with van der Waals surface area (Å²) >= 11 is 6.69. The summed E-state index contributed by atoms with van der Waals surface area (Å²) in [7, 11) is -1.37. The van der Waals surface area contributed by atoms with E-state index in [1.807, 2.05) is 0 Å². The molecule has 1 saturated heterocycles. The quantitative estimate of drug-likeness (QED) is 0.466. The lowest BCUT2D eigenvalue weighted by atomic mass is 10.2. The second-order valence-electron chi connectivity index (χ2n) is 4.78. The van der Waals surface area contributed by atoms with Crippen LogP contribution in [0.1, 0.15) is 40.0 Å². The molecule has 0 unspecified atom stereocenters. The molecule has 0 aromatic rings. The molecule has 0 spiro atoms. The summed E-state index contributed by atoms with van der Waals surface area (Å²) in [6, 6.07) is 2.69. The van der Waals surface area contributed by atoms with E-state index in [9.17, 15) is 0 Å². The molecule has 0 saturated carbocycles. The van der Waals surface area contributed by atoms with Gasteiger partial charge in [0.05, 0.1) is 0 Å². The van der Waals surface area contributed by atoms with Crippen LogP contribution in [0.2, 0.25) is 17.1 Å². The molecule has 1 rings (SSSR count). The van der Waals surface area contributed by atoms with E-state index in [1.54, 1.807) is 0 Å². The van der Waals surface area contributed by atoms with Crippen LogP contribution in [0.4, 0.5) is 0 Å². The first-order valence-corrected chi connectivity index (χ1v) is 8.07. The Labute approximate surface area is 82.2 Å². The largest absolute Gasteiger partial charge is 0.344 e. The van der Waals surface area contributed by atoms with Gasteiger partial charge < -0.3 is 6.15 Å². The van der Waals surface area contributed by atoms with Gasteiger partial charge >= 0.3 is 0 Å². The Morgan fingerprint density at radius 3 is 1.67 bits per heavy atom. The van der Waals surface area contributed by atoms with Crippen molar-refractivity contribution >= 4 is 18.5 Å². The predicted molar refractivity (Wildman–Crippen MR) is 59.8 cm³/mol. The molecule has 1 aliphatic rings. The van der Waals surface area contributed by atoms with Crippen LogP contribution >= 0.6 is 11.1 Å². The minimum absolute atomic E-state index is 0. The van der Waals surface area contributed by atoms with Crippen LogP contribution in [-0.4, -0.2) is 7.38 Å². The predicted octanol–water partition coefficient (Wildman–Crippen LogP) is 4.32. The van der Waals surface area contributed by atoms with Crippen LogP contribution in [0.5, 0.6) is 0 Å². The minimum atomic E-state index is -1.37. The Kier molecular flexibility index (Phi) is 4.28. The lowest BCUT2D eigenvalue weighted by molar-refractivity contribution is 0.646. The van der Waals surface area contributed by atoms with Crippen molar-refractivity contribution in [2.75, 3.05) is 0 Å². The normalized spacial score (nSPS) is 23.0. The lowest BCUT2D eigenvalue weighted by Gasteiger charge is -2.40. The van der Waals surface area contributed by atoms with Crippen molar-refractivity contribution in [2.24, 2.45) is 0 Å². The number of hydrogen-bond donors (Lipinski definition) is 1. The monoisotopic (exact) mass is 207 g/mol. The molecule has 1 aliphatic heterocycles. The zero-order chi connectivity index (χ0) is 8.54. The van der Waals surface area contributed by atoms with E-state index in [0.717, 1.165) is 0 Å². The van der Waals surface area contributed by atoms with Crippen molar-refractivity contribution in [3.63, 3.8) is 0 Å². The van der Waals surface area contributed by atoms with Crippen molar-refractivity contribution in [2.45, 2.75) is 57.2 Å². The van der Waals surface area contributed by atoms with E-state index in [-0.39, 0.29) is 6.15 Å². The smallest absolute Gasteiger partial charge is 0.161 e. The van der Waals surface area contributed by atoms with Crippen molar-refractivity contribution in [3.8, 4) is 0 Å². The molecule has 0 aromatic heterocycles. The SMILES string of the molecule is CC(C)(C)[Si]1(Cl)CCCCC1.N. The van der Waals surface area contributed by atoms with Gasteiger partial charge in [0.2, 0.25) is 0 Å². The molecule has 0 radical (unpaired) electrons. The fraction of sp³-hybridized carbons (Fsp3) is 1.00. The third kappa shape index (κ3) is 2.48. The molecule has 0 atom stereocenters. The van der Waals surface area contributed by atoms with Crippen molar-refractivity contribution < 1.29 is 0 Å². The van der Waals surface area contributed by atoms with Crippen LogP contribution in [0.15, 0.2) is 0 Å². The fourth-order valence-corrected chi connectivity index (χ4v) is 6.03. The van der Waals surface area contributed by atoms with E-state index in [0.29, 0.717) is 5.04 Å². The molecule has 0 amide bonds. The highest BCUT2D eigenvalue weighted by Gasteiger charge is 2.43. The third-order valence-corrected chi connectivity index (χ3v) is 10.8. The molecule has 1 heterocycles. The summed E-state index contributed by atoms with van der Waals surface area (Å²) in [5.74, 6) is 0. The first-order chi connectivity index (χ1) is 4.96. The third-order valence-electron chi connectivity index (χ3n) is 2.99. The van der Waals surface area contributed by atoms with Gasteiger partial charge in [0, 0.05) is 0 Å². The van der Waals surface area contributed by atoms with Gasteiger partial charge in [-0.25, -0.2) is 0 Å². The molecule has 0 aromatic carbocycles. The van der Waals surface area contributed by atoms with Crippen LogP contribution in [0.25, 0.3) is 0 Å². The Morgan fingerprint density at radius 2 is 1.42 bits per heavy atom. The van der Waals surface area contributed by atoms with Gasteiger partial charge in [0.25, 0.3) is 0 Å². The van der Waals surface area contributed by atoms with Crippen molar-refractivity contribution in [1.82, 2.24) is 6.15 Å². The van der Waals surface area contributed by atoms with E-state index in [4.69, 9.17) is 11.1 Å². The molecule has 74 valence electrons. The highest BCUT2D eigenvalue weighted by atomic mass is 35.6. The minimum Gasteiger partial charge on any atom is -0.344 e. The molecule has 1 nitrogen and oxygen atoms in total.